The van der Waals surface area contributed by atoms with Crippen LogP contribution in [0, 0.1) is 0 Å². The summed E-state index contributed by atoms with van der Waals surface area (Å²) in [6, 6.07) is 3.05. The predicted octanol–water partition coefficient (Wildman–Crippen LogP) is -1.50. The maximum atomic E-state index is 11.5. The van der Waals surface area contributed by atoms with Crippen molar-refractivity contribution >= 4 is 38.4 Å². The lowest BCUT2D eigenvalue weighted by Crippen LogP contribution is -2.26. The maximum absolute atomic E-state index is 11.5. The van der Waals surface area contributed by atoms with Crippen molar-refractivity contribution in [1.29, 1.82) is 0 Å². The lowest BCUT2D eigenvalue weighted by Gasteiger charge is -2.03. The molecule has 0 atom stereocenters. The summed E-state index contributed by atoms with van der Waals surface area (Å²) in [6.45, 7) is 0. The first kappa shape index (κ1) is 9.06. The van der Waals surface area contributed by atoms with Gasteiger partial charge < -0.3 is 0 Å². The molecule has 0 saturated carbocycles. The van der Waals surface area contributed by atoms with Crippen LogP contribution in [0.25, 0.3) is 0 Å². The highest BCUT2D eigenvalue weighted by Crippen LogP contribution is 2.16. The monoisotopic (exact) mass is 181 g/mol. The summed E-state index contributed by atoms with van der Waals surface area (Å²) in [7, 11) is 12.6. The molecule has 0 spiro atoms. The van der Waals surface area contributed by atoms with Crippen LogP contribution in [0.4, 0.5) is 0 Å². The van der Waals surface area contributed by atoms with Crippen LogP contribution in [-0.2, 0) is 0 Å². The third kappa shape index (κ3) is 0.953. The van der Waals surface area contributed by atoms with Gasteiger partial charge in [-0.15, -0.1) is 0 Å². The highest BCUT2D eigenvalue weighted by atomic mass is 16.2. The Morgan fingerprint density at radius 1 is 1.00 bits per heavy atom. The molecule has 0 fully saturated rings. The molecule has 1 heterocycles. The third-order valence-corrected chi connectivity index (χ3v) is 2.31. The molecule has 0 saturated heterocycles. The molecule has 2 rings (SSSR count). The number of amides is 2. The molecule has 1 aliphatic heterocycles. The Balaban J connectivity index is 2.80. The average Bonchev–Trinajstić information content (AvgIpc) is 2.38. The van der Waals surface area contributed by atoms with Crippen molar-refractivity contribution in [2.75, 3.05) is 7.05 Å². The minimum absolute atomic E-state index is 0.220. The Morgan fingerprint density at radius 3 is 1.71 bits per heavy atom. The van der Waals surface area contributed by atoms with Gasteiger partial charge in [0.15, 0.2) is 0 Å². The summed E-state index contributed by atoms with van der Waals surface area (Å²) in [5, 5.41) is 0. The van der Waals surface area contributed by atoms with Crippen molar-refractivity contribution < 1.29 is 9.59 Å². The molecule has 1 aromatic carbocycles. The smallest absolute Gasteiger partial charge is 0.260 e. The van der Waals surface area contributed by atoms with Crippen molar-refractivity contribution in [3.05, 3.63) is 23.3 Å². The van der Waals surface area contributed by atoms with Crippen LogP contribution < -0.4 is 10.9 Å². The van der Waals surface area contributed by atoms with Crippen LogP contribution in [-0.4, -0.2) is 39.5 Å². The number of fused-ring (bicyclic) bond motifs is 1. The maximum Gasteiger partial charge on any atom is 0.260 e. The van der Waals surface area contributed by atoms with E-state index in [2.05, 4.69) is 0 Å². The molecule has 64 valence electrons. The average molecular weight is 181 g/mol. The first-order valence-electron chi connectivity index (χ1n) is 4.04. The van der Waals surface area contributed by atoms with E-state index in [-0.39, 0.29) is 22.1 Å². The quantitative estimate of drug-likeness (QED) is 0.360. The zero-order valence-corrected chi connectivity index (χ0v) is 7.57. The van der Waals surface area contributed by atoms with Gasteiger partial charge in [0.1, 0.15) is 15.7 Å². The first-order valence-corrected chi connectivity index (χ1v) is 4.04. The Morgan fingerprint density at radius 2 is 1.36 bits per heavy atom. The van der Waals surface area contributed by atoms with Crippen LogP contribution in [0.15, 0.2) is 12.1 Å². The summed E-state index contributed by atoms with van der Waals surface area (Å²) >= 11 is 0. The van der Waals surface area contributed by atoms with Crippen LogP contribution >= 0.6 is 0 Å². The van der Waals surface area contributed by atoms with Crippen molar-refractivity contribution in [3.8, 4) is 0 Å². The van der Waals surface area contributed by atoms with Crippen molar-refractivity contribution in [1.82, 2.24) is 4.90 Å². The molecule has 1 aliphatic rings. The van der Waals surface area contributed by atoms with E-state index >= 15 is 0 Å². The number of hydrogen-bond donors (Lipinski definition) is 0. The van der Waals surface area contributed by atoms with Crippen LogP contribution in [0.5, 0.6) is 0 Å². The summed E-state index contributed by atoms with van der Waals surface area (Å²) in [5.74, 6) is -0.787. The first-order chi connectivity index (χ1) is 6.54. The van der Waals surface area contributed by atoms with Gasteiger partial charge in [0.05, 0.1) is 0 Å². The van der Waals surface area contributed by atoms with Crippen LogP contribution in [0.2, 0.25) is 0 Å². The predicted molar refractivity (Wildman–Crippen MR) is 53.6 cm³/mol. The van der Waals surface area contributed by atoms with E-state index in [0.29, 0.717) is 0 Å². The number of rotatable bonds is 0. The van der Waals surface area contributed by atoms with Crippen LogP contribution in [0.1, 0.15) is 20.7 Å². The van der Waals surface area contributed by atoms with Crippen molar-refractivity contribution in [2.24, 2.45) is 0 Å². The van der Waals surface area contributed by atoms with Gasteiger partial charge in [-0.05, 0) is 0 Å². The van der Waals surface area contributed by atoms with Gasteiger partial charge in [0.25, 0.3) is 11.8 Å². The van der Waals surface area contributed by atoms with Gasteiger partial charge in [0, 0.05) is 18.2 Å². The molecule has 3 nitrogen and oxygen atoms in total. The molecule has 4 radical (unpaired) electrons. The second kappa shape index (κ2) is 2.74. The topological polar surface area (TPSA) is 37.4 Å². The number of hydrogen-bond acceptors (Lipinski definition) is 2. The Labute approximate surface area is 83.9 Å². The SMILES string of the molecule is [B]c1ccc([B])c2c1C(=O)N(C)C2=O. The number of nitrogens with zero attached hydrogens (tertiary/aromatic N) is 1. The van der Waals surface area contributed by atoms with Gasteiger partial charge in [-0.25, -0.2) is 0 Å². The highest BCUT2D eigenvalue weighted by molar-refractivity contribution is 6.45. The number of benzene rings is 1. The molecule has 0 aliphatic carbocycles. The van der Waals surface area contributed by atoms with Gasteiger partial charge in [-0.2, -0.15) is 0 Å². The lowest BCUT2D eigenvalue weighted by molar-refractivity contribution is 0.0694. The van der Waals surface area contributed by atoms with E-state index in [9.17, 15) is 9.59 Å². The summed E-state index contributed by atoms with van der Waals surface area (Å²) in [4.78, 5) is 24.1. The van der Waals surface area contributed by atoms with E-state index < -0.39 is 11.8 Å². The fourth-order valence-electron chi connectivity index (χ4n) is 1.52. The summed E-state index contributed by atoms with van der Waals surface area (Å²) in [5.41, 5.74) is 1.02. The molecule has 2 amide bonds. The molecule has 0 bridgehead atoms. The van der Waals surface area contributed by atoms with E-state index in [1.54, 1.807) is 0 Å². The molecule has 0 aromatic heterocycles. The Bertz CT molecular complexity index is 415. The summed E-state index contributed by atoms with van der Waals surface area (Å²) in [6.07, 6.45) is 0. The van der Waals surface area contributed by atoms with E-state index in [0.717, 1.165) is 4.90 Å². The number of carbonyl (C=O) groups excluding carboxylic acids is 2. The number of carbonyl (C=O) groups is 2. The fourth-order valence-corrected chi connectivity index (χ4v) is 1.52. The highest BCUT2D eigenvalue weighted by Gasteiger charge is 2.34. The zero-order chi connectivity index (χ0) is 10.5. The minimum Gasteiger partial charge on any atom is -0.278 e. The Hall–Kier alpha value is -1.51. The second-order valence-corrected chi connectivity index (χ2v) is 3.16. The van der Waals surface area contributed by atoms with Gasteiger partial charge in [-0.1, -0.05) is 23.1 Å². The second-order valence-electron chi connectivity index (χ2n) is 3.16. The normalized spacial score (nSPS) is 14.8. The van der Waals surface area contributed by atoms with Gasteiger partial charge >= 0.3 is 0 Å². The van der Waals surface area contributed by atoms with Gasteiger partial charge in [-0.3, -0.25) is 14.5 Å². The van der Waals surface area contributed by atoms with E-state index in [1.807, 2.05) is 0 Å². The van der Waals surface area contributed by atoms with E-state index in [4.69, 9.17) is 15.7 Å². The molecular formula is C9H5B2NO2. The Kier molecular flexibility index (Phi) is 1.77. The third-order valence-electron chi connectivity index (χ3n) is 2.31. The molecule has 5 heteroatoms. The van der Waals surface area contributed by atoms with Crippen molar-refractivity contribution in [3.63, 3.8) is 0 Å². The fraction of sp³-hybridized carbons (Fsp3) is 0.111. The lowest BCUT2D eigenvalue weighted by atomic mass is 9.81. The summed E-state index contributed by atoms with van der Waals surface area (Å²) < 4.78 is 0. The molecule has 0 unspecified atom stereocenters. The molecule has 1 aromatic rings. The van der Waals surface area contributed by atoms with Crippen molar-refractivity contribution in [2.45, 2.75) is 0 Å². The largest absolute Gasteiger partial charge is 0.278 e. The van der Waals surface area contributed by atoms with Gasteiger partial charge in [0.2, 0.25) is 0 Å². The molecule has 0 N–H and O–H groups in total. The standard InChI is InChI=1S/C9H5B2NO2/c1-12-8(13)6-4(10)2-3-5(11)7(6)9(12)14/h2-3H,1H3. The number of imide groups is 1. The van der Waals surface area contributed by atoms with Crippen LogP contribution in [0.3, 0.4) is 0 Å². The minimum atomic E-state index is -0.394. The zero-order valence-electron chi connectivity index (χ0n) is 7.57. The van der Waals surface area contributed by atoms with E-state index in [1.165, 1.54) is 19.2 Å². The molecule has 14 heavy (non-hydrogen) atoms. The molecular weight excluding hydrogens is 176 g/mol.